The van der Waals surface area contributed by atoms with Gasteiger partial charge >= 0.3 is 11.9 Å². The standard InChI is InChI=1S/C24H44O2.C14H26O2/c1-2-3-4-5-6-7-8-9-10-11-12-13-14-15-16-17-18-19-20-21-22-23-24(25)26;1-2-3-4-5-6-7-8-9-10-11-12-13-14(15)16/h20-23H,2-19H2,1H3,(H,25,26);12-13H,2-11H2,1H3,(H,15,16). The first-order chi connectivity index (χ1) is 20.5. The summed E-state index contributed by atoms with van der Waals surface area (Å²) in [4.78, 5) is 20.5. The first kappa shape index (κ1) is 42.3. The van der Waals surface area contributed by atoms with Gasteiger partial charge in [-0.3, -0.25) is 0 Å². The highest BCUT2D eigenvalue weighted by Crippen LogP contribution is 2.14. The molecule has 0 aromatic rings. The van der Waals surface area contributed by atoms with Crippen molar-refractivity contribution in [2.75, 3.05) is 0 Å². The Morgan fingerprint density at radius 3 is 0.976 bits per heavy atom. The quantitative estimate of drug-likeness (QED) is 0.0478. The molecule has 0 aromatic heterocycles. The van der Waals surface area contributed by atoms with Crippen LogP contribution in [-0.2, 0) is 9.59 Å². The lowest BCUT2D eigenvalue weighted by Crippen LogP contribution is -1.85. The summed E-state index contributed by atoms with van der Waals surface area (Å²) in [5.41, 5.74) is 0. The Morgan fingerprint density at radius 1 is 0.381 bits per heavy atom. The minimum absolute atomic E-state index is 0.837. The van der Waals surface area contributed by atoms with E-state index in [1.165, 1.54) is 173 Å². The van der Waals surface area contributed by atoms with Gasteiger partial charge in [-0.25, -0.2) is 9.59 Å². The van der Waals surface area contributed by atoms with E-state index in [1.54, 1.807) is 12.2 Å². The second kappa shape index (κ2) is 39.2. The second-order valence-corrected chi connectivity index (χ2v) is 11.9. The summed E-state index contributed by atoms with van der Waals surface area (Å²) >= 11 is 0. The molecule has 246 valence electrons. The topological polar surface area (TPSA) is 74.6 Å². The predicted octanol–water partition coefficient (Wildman–Crippen LogP) is 12.8. The maximum Gasteiger partial charge on any atom is 0.328 e. The van der Waals surface area contributed by atoms with Crippen LogP contribution in [0, 0.1) is 0 Å². The Bertz CT molecular complexity index is 635. The van der Waals surface area contributed by atoms with E-state index in [-0.39, 0.29) is 0 Å². The highest BCUT2D eigenvalue weighted by Gasteiger charge is 1.95. The summed E-state index contributed by atoms with van der Waals surface area (Å²) in [6.07, 6.45) is 47.3. The summed E-state index contributed by atoms with van der Waals surface area (Å²) < 4.78 is 0. The molecule has 0 heterocycles. The highest BCUT2D eigenvalue weighted by atomic mass is 16.4. The molecule has 42 heavy (non-hydrogen) atoms. The van der Waals surface area contributed by atoms with E-state index < -0.39 is 11.9 Å². The number of allylic oxidation sites excluding steroid dienone is 4. The monoisotopic (exact) mass is 591 g/mol. The number of rotatable bonds is 31. The molecule has 0 atom stereocenters. The van der Waals surface area contributed by atoms with Crippen LogP contribution in [0.25, 0.3) is 0 Å². The molecular weight excluding hydrogens is 520 g/mol. The maximum atomic E-state index is 10.3. The van der Waals surface area contributed by atoms with Crippen LogP contribution in [0.3, 0.4) is 0 Å². The van der Waals surface area contributed by atoms with Crippen LogP contribution in [-0.4, -0.2) is 22.2 Å². The van der Waals surface area contributed by atoms with Crippen LogP contribution >= 0.6 is 0 Å². The third-order valence-electron chi connectivity index (χ3n) is 7.70. The molecule has 0 aliphatic rings. The molecule has 0 aliphatic carbocycles. The van der Waals surface area contributed by atoms with Gasteiger partial charge in [-0.2, -0.15) is 0 Å². The summed E-state index contributed by atoms with van der Waals surface area (Å²) in [5, 5.41) is 16.8. The average molecular weight is 591 g/mol. The molecular formula is C38H70O4. The van der Waals surface area contributed by atoms with E-state index in [9.17, 15) is 9.59 Å². The van der Waals surface area contributed by atoms with Crippen molar-refractivity contribution < 1.29 is 19.8 Å². The number of aliphatic carboxylic acids is 2. The van der Waals surface area contributed by atoms with E-state index in [1.807, 2.05) is 6.08 Å². The molecule has 0 radical (unpaired) electrons. The lowest BCUT2D eigenvalue weighted by molar-refractivity contribution is -0.132. The highest BCUT2D eigenvalue weighted by molar-refractivity contribution is 5.80. The van der Waals surface area contributed by atoms with Crippen LogP contribution < -0.4 is 0 Å². The minimum atomic E-state index is -0.882. The van der Waals surface area contributed by atoms with Crippen LogP contribution in [0.1, 0.15) is 194 Å². The fourth-order valence-electron chi connectivity index (χ4n) is 5.06. The van der Waals surface area contributed by atoms with Gasteiger partial charge in [0.25, 0.3) is 0 Å². The summed E-state index contributed by atoms with van der Waals surface area (Å²) in [6, 6.07) is 0. The van der Waals surface area contributed by atoms with Crippen LogP contribution in [0.4, 0.5) is 0 Å². The van der Waals surface area contributed by atoms with Gasteiger partial charge in [-0.05, 0) is 25.7 Å². The zero-order valence-electron chi connectivity index (χ0n) is 28.0. The molecule has 0 bridgehead atoms. The van der Waals surface area contributed by atoms with Gasteiger partial charge in [0.15, 0.2) is 0 Å². The molecule has 0 unspecified atom stereocenters. The van der Waals surface area contributed by atoms with Crippen molar-refractivity contribution in [1.29, 1.82) is 0 Å². The smallest absolute Gasteiger partial charge is 0.328 e. The van der Waals surface area contributed by atoms with Gasteiger partial charge < -0.3 is 10.2 Å². The Kier molecular flexibility index (Phi) is 39.4. The van der Waals surface area contributed by atoms with Crippen molar-refractivity contribution >= 4 is 11.9 Å². The van der Waals surface area contributed by atoms with Crippen LogP contribution in [0.5, 0.6) is 0 Å². The Labute approximate surface area is 261 Å². The van der Waals surface area contributed by atoms with Gasteiger partial charge in [0.2, 0.25) is 0 Å². The van der Waals surface area contributed by atoms with Crippen molar-refractivity contribution in [2.24, 2.45) is 0 Å². The lowest BCUT2D eigenvalue weighted by atomic mass is 10.0. The van der Waals surface area contributed by atoms with E-state index >= 15 is 0 Å². The summed E-state index contributed by atoms with van der Waals surface area (Å²) in [6.45, 7) is 4.52. The zero-order valence-corrected chi connectivity index (χ0v) is 28.0. The third kappa shape index (κ3) is 45.2. The molecule has 0 rings (SSSR count). The molecule has 0 spiro atoms. The minimum Gasteiger partial charge on any atom is -0.478 e. The molecule has 4 heteroatoms. The largest absolute Gasteiger partial charge is 0.478 e. The van der Waals surface area contributed by atoms with Gasteiger partial charge in [-0.15, -0.1) is 0 Å². The Balaban J connectivity index is 0. The first-order valence-corrected chi connectivity index (χ1v) is 18.0. The van der Waals surface area contributed by atoms with Crippen molar-refractivity contribution in [1.82, 2.24) is 0 Å². The number of carboxylic acids is 2. The Hall–Kier alpha value is -1.84. The van der Waals surface area contributed by atoms with Gasteiger partial charge in [0, 0.05) is 12.2 Å². The second-order valence-electron chi connectivity index (χ2n) is 11.9. The predicted molar refractivity (Wildman–Crippen MR) is 183 cm³/mol. The normalized spacial score (nSPS) is 11.5. The van der Waals surface area contributed by atoms with Gasteiger partial charge in [-0.1, -0.05) is 192 Å². The number of carboxylic acid groups (broad SMARTS) is 2. The maximum absolute atomic E-state index is 10.3. The average Bonchev–Trinajstić information content (AvgIpc) is 2.97. The van der Waals surface area contributed by atoms with Crippen molar-refractivity contribution in [3.05, 3.63) is 36.5 Å². The fraction of sp³-hybridized carbons (Fsp3) is 0.789. The molecule has 2 N–H and O–H groups in total. The molecule has 0 aromatic carbocycles. The number of hydrogen-bond acceptors (Lipinski definition) is 2. The van der Waals surface area contributed by atoms with E-state index in [0.717, 1.165) is 19.3 Å². The summed E-state index contributed by atoms with van der Waals surface area (Å²) in [5.74, 6) is -1.72. The summed E-state index contributed by atoms with van der Waals surface area (Å²) in [7, 11) is 0. The third-order valence-corrected chi connectivity index (χ3v) is 7.70. The lowest BCUT2D eigenvalue weighted by Gasteiger charge is -2.03. The zero-order chi connectivity index (χ0) is 31.2. The SMILES string of the molecule is CCCCCCCCCCCC=CC(=O)O.CCCCCCCCCCCCCCCCCCCC=CC=CC(=O)O. The molecule has 4 nitrogen and oxygen atoms in total. The van der Waals surface area contributed by atoms with E-state index in [0.29, 0.717) is 0 Å². The van der Waals surface area contributed by atoms with Gasteiger partial charge in [0.05, 0.1) is 0 Å². The van der Waals surface area contributed by atoms with Gasteiger partial charge in [0.1, 0.15) is 0 Å². The Morgan fingerprint density at radius 2 is 0.667 bits per heavy atom. The van der Waals surface area contributed by atoms with Crippen LogP contribution in [0.2, 0.25) is 0 Å². The molecule has 0 aliphatic heterocycles. The van der Waals surface area contributed by atoms with E-state index in [4.69, 9.17) is 10.2 Å². The molecule has 0 fully saturated rings. The molecule has 0 saturated carbocycles. The van der Waals surface area contributed by atoms with Crippen molar-refractivity contribution in [2.45, 2.75) is 194 Å². The van der Waals surface area contributed by atoms with E-state index in [2.05, 4.69) is 19.9 Å². The van der Waals surface area contributed by atoms with Crippen molar-refractivity contribution in [3.63, 3.8) is 0 Å². The molecule has 0 saturated heterocycles. The first-order valence-electron chi connectivity index (χ1n) is 18.0. The number of carbonyl (C=O) groups is 2. The number of unbranched alkanes of at least 4 members (excludes halogenated alkanes) is 26. The molecule has 0 amide bonds. The fourth-order valence-corrected chi connectivity index (χ4v) is 5.06. The number of hydrogen-bond donors (Lipinski definition) is 2. The van der Waals surface area contributed by atoms with Crippen LogP contribution in [0.15, 0.2) is 36.5 Å². The van der Waals surface area contributed by atoms with Crippen molar-refractivity contribution in [3.8, 4) is 0 Å².